The third-order valence-corrected chi connectivity index (χ3v) is 5.35. The minimum Gasteiger partial charge on any atom is -0.455 e. The lowest BCUT2D eigenvalue weighted by molar-refractivity contribution is -0.153. The summed E-state index contributed by atoms with van der Waals surface area (Å²) in [4.78, 5) is 24.9. The molecule has 130 valence electrons. The van der Waals surface area contributed by atoms with Gasteiger partial charge in [-0.2, -0.15) is 0 Å². The molecule has 1 amide bonds. The summed E-state index contributed by atoms with van der Waals surface area (Å²) >= 11 is 3.38. The summed E-state index contributed by atoms with van der Waals surface area (Å²) < 4.78 is 6.17. The van der Waals surface area contributed by atoms with Crippen molar-refractivity contribution in [1.29, 1.82) is 0 Å². The van der Waals surface area contributed by atoms with Gasteiger partial charge in [-0.25, -0.2) is 0 Å². The van der Waals surface area contributed by atoms with Gasteiger partial charge in [-0.3, -0.25) is 9.59 Å². The van der Waals surface area contributed by atoms with Crippen LogP contribution in [0.15, 0.2) is 59.1 Å². The van der Waals surface area contributed by atoms with E-state index in [0.717, 1.165) is 35.7 Å². The quantitative estimate of drug-likeness (QED) is 0.753. The van der Waals surface area contributed by atoms with Gasteiger partial charge in [-0.15, -0.1) is 0 Å². The maximum atomic E-state index is 12.8. The molecule has 1 aliphatic rings. The number of para-hydroxylation sites is 1. The molecule has 5 heteroatoms. The first kappa shape index (κ1) is 17.7. The Balaban J connectivity index is 1.65. The molecule has 0 saturated heterocycles. The lowest BCUT2D eigenvalue weighted by Crippen LogP contribution is -2.36. The number of anilines is 1. The van der Waals surface area contributed by atoms with Gasteiger partial charge in [0.05, 0.1) is 11.1 Å². The normalized spacial score (nSPS) is 15.6. The Morgan fingerprint density at radius 1 is 1.00 bits per heavy atom. The Morgan fingerprint density at radius 2 is 1.64 bits per heavy atom. The Morgan fingerprint density at radius 3 is 2.32 bits per heavy atom. The first-order valence-electron chi connectivity index (χ1n) is 8.39. The SMILES string of the molecule is O=C(COC(=O)C1(c2ccccc2)CCCC1)Nc1ccccc1Br. The standard InChI is InChI=1S/C20H20BrNO3/c21-16-10-4-5-11-17(16)22-18(23)14-25-19(24)20(12-6-7-13-20)15-8-2-1-3-9-15/h1-5,8-11H,6-7,12-14H2,(H,22,23). The van der Waals surface area contributed by atoms with Crippen LogP contribution < -0.4 is 5.32 Å². The fourth-order valence-electron chi connectivity index (χ4n) is 3.36. The van der Waals surface area contributed by atoms with Gasteiger partial charge in [-0.1, -0.05) is 55.3 Å². The van der Waals surface area contributed by atoms with E-state index >= 15 is 0 Å². The summed E-state index contributed by atoms with van der Waals surface area (Å²) in [5, 5.41) is 2.75. The highest BCUT2D eigenvalue weighted by molar-refractivity contribution is 9.10. The third-order valence-electron chi connectivity index (χ3n) is 4.66. The molecule has 0 aliphatic heterocycles. The van der Waals surface area contributed by atoms with Crippen molar-refractivity contribution in [3.05, 3.63) is 64.6 Å². The van der Waals surface area contributed by atoms with Gasteiger partial charge < -0.3 is 10.1 Å². The number of amides is 1. The van der Waals surface area contributed by atoms with Crippen LogP contribution in [0.3, 0.4) is 0 Å². The average molecular weight is 402 g/mol. The Labute approximate surface area is 155 Å². The molecule has 0 atom stereocenters. The van der Waals surface area contributed by atoms with Gasteiger partial charge >= 0.3 is 5.97 Å². The van der Waals surface area contributed by atoms with Crippen molar-refractivity contribution in [1.82, 2.24) is 0 Å². The van der Waals surface area contributed by atoms with Crippen LogP contribution in [-0.4, -0.2) is 18.5 Å². The van der Waals surface area contributed by atoms with Crippen LogP contribution in [0.2, 0.25) is 0 Å². The second-order valence-electron chi connectivity index (χ2n) is 6.26. The minimum absolute atomic E-state index is 0.283. The summed E-state index contributed by atoms with van der Waals surface area (Å²) in [5.41, 5.74) is 1.01. The molecule has 0 radical (unpaired) electrons. The molecule has 4 nitrogen and oxygen atoms in total. The van der Waals surface area contributed by atoms with Gasteiger partial charge in [-0.05, 0) is 46.5 Å². The predicted molar refractivity (Wildman–Crippen MR) is 100 cm³/mol. The molecule has 1 aliphatic carbocycles. The molecule has 3 rings (SSSR count). The van der Waals surface area contributed by atoms with Crippen molar-refractivity contribution in [2.75, 3.05) is 11.9 Å². The molecule has 0 heterocycles. The second-order valence-corrected chi connectivity index (χ2v) is 7.11. The van der Waals surface area contributed by atoms with E-state index in [1.165, 1.54) is 0 Å². The fourth-order valence-corrected chi connectivity index (χ4v) is 3.75. The molecular formula is C20H20BrNO3. The number of nitrogens with one attached hydrogen (secondary N) is 1. The maximum Gasteiger partial charge on any atom is 0.317 e. The largest absolute Gasteiger partial charge is 0.455 e. The number of esters is 1. The third kappa shape index (κ3) is 3.93. The lowest BCUT2D eigenvalue weighted by atomic mass is 9.79. The summed E-state index contributed by atoms with van der Waals surface area (Å²) in [6.07, 6.45) is 3.52. The lowest BCUT2D eigenvalue weighted by Gasteiger charge is -2.27. The Kier molecular flexibility index (Phi) is 5.53. The number of halogens is 1. The molecule has 1 saturated carbocycles. The molecule has 2 aromatic carbocycles. The minimum atomic E-state index is -0.616. The van der Waals surface area contributed by atoms with Gasteiger partial charge in [0.15, 0.2) is 6.61 Å². The van der Waals surface area contributed by atoms with E-state index in [9.17, 15) is 9.59 Å². The summed E-state index contributed by atoms with van der Waals surface area (Å²) in [5.74, 6) is -0.653. The highest BCUT2D eigenvalue weighted by Gasteiger charge is 2.44. The molecule has 0 aromatic heterocycles. The van der Waals surface area contributed by atoms with E-state index in [1.54, 1.807) is 6.07 Å². The van der Waals surface area contributed by atoms with Crippen molar-refractivity contribution in [3.63, 3.8) is 0 Å². The zero-order chi connectivity index (χ0) is 17.7. The van der Waals surface area contributed by atoms with Crippen molar-refractivity contribution >= 4 is 33.5 Å². The molecule has 0 spiro atoms. The number of benzene rings is 2. The van der Waals surface area contributed by atoms with Crippen LogP contribution in [0, 0.1) is 0 Å². The van der Waals surface area contributed by atoms with E-state index in [2.05, 4.69) is 21.2 Å². The average Bonchev–Trinajstić information content (AvgIpc) is 3.13. The number of ether oxygens (including phenoxy) is 1. The monoisotopic (exact) mass is 401 g/mol. The van der Waals surface area contributed by atoms with Gasteiger partial charge in [0.2, 0.25) is 0 Å². The van der Waals surface area contributed by atoms with Crippen molar-refractivity contribution in [3.8, 4) is 0 Å². The Bertz CT molecular complexity index is 755. The van der Waals surface area contributed by atoms with Crippen molar-refractivity contribution in [2.24, 2.45) is 0 Å². The number of rotatable bonds is 5. The van der Waals surface area contributed by atoms with Crippen LogP contribution in [0.25, 0.3) is 0 Å². The number of carbonyl (C=O) groups is 2. The van der Waals surface area contributed by atoms with Crippen LogP contribution in [0.4, 0.5) is 5.69 Å². The van der Waals surface area contributed by atoms with Crippen LogP contribution in [-0.2, 0) is 19.7 Å². The van der Waals surface area contributed by atoms with Crippen molar-refractivity contribution in [2.45, 2.75) is 31.1 Å². The number of carbonyl (C=O) groups excluding carboxylic acids is 2. The topological polar surface area (TPSA) is 55.4 Å². The fraction of sp³-hybridized carbons (Fsp3) is 0.300. The molecule has 25 heavy (non-hydrogen) atoms. The highest BCUT2D eigenvalue weighted by atomic mass is 79.9. The Hall–Kier alpha value is -2.14. The van der Waals surface area contributed by atoms with Crippen LogP contribution in [0.1, 0.15) is 31.2 Å². The summed E-state index contributed by atoms with van der Waals surface area (Å²) in [6.45, 7) is -0.283. The van der Waals surface area contributed by atoms with E-state index < -0.39 is 5.41 Å². The van der Waals surface area contributed by atoms with E-state index in [1.807, 2.05) is 48.5 Å². The van der Waals surface area contributed by atoms with Gasteiger partial charge in [0.25, 0.3) is 5.91 Å². The first-order chi connectivity index (χ1) is 12.1. The summed E-state index contributed by atoms with van der Waals surface area (Å²) in [6, 6.07) is 17.0. The van der Waals surface area contributed by atoms with Gasteiger partial charge in [0.1, 0.15) is 0 Å². The zero-order valence-electron chi connectivity index (χ0n) is 13.8. The van der Waals surface area contributed by atoms with Crippen LogP contribution in [0.5, 0.6) is 0 Å². The predicted octanol–water partition coefficient (Wildman–Crippen LogP) is 4.44. The maximum absolute atomic E-state index is 12.8. The van der Waals surface area contributed by atoms with Crippen LogP contribution >= 0.6 is 15.9 Å². The number of hydrogen-bond acceptors (Lipinski definition) is 3. The molecule has 1 fully saturated rings. The van der Waals surface area contributed by atoms with E-state index in [-0.39, 0.29) is 18.5 Å². The highest BCUT2D eigenvalue weighted by Crippen LogP contribution is 2.42. The summed E-state index contributed by atoms with van der Waals surface area (Å²) in [7, 11) is 0. The van der Waals surface area contributed by atoms with Gasteiger partial charge in [0, 0.05) is 4.47 Å². The molecule has 0 unspecified atom stereocenters. The first-order valence-corrected chi connectivity index (χ1v) is 9.18. The molecule has 1 N–H and O–H groups in total. The number of hydrogen-bond donors (Lipinski definition) is 1. The zero-order valence-corrected chi connectivity index (χ0v) is 15.4. The smallest absolute Gasteiger partial charge is 0.317 e. The van der Waals surface area contributed by atoms with E-state index in [0.29, 0.717) is 5.69 Å². The molecule has 0 bridgehead atoms. The van der Waals surface area contributed by atoms with Crippen molar-refractivity contribution < 1.29 is 14.3 Å². The molecule has 2 aromatic rings. The molecular weight excluding hydrogens is 382 g/mol. The second kappa shape index (κ2) is 7.83. The van der Waals surface area contributed by atoms with E-state index in [4.69, 9.17) is 4.74 Å².